The van der Waals surface area contributed by atoms with E-state index < -0.39 is 11.7 Å². The maximum absolute atomic E-state index is 10.9. The highest BCUT2D eigenvalue weighted by atomic mass is 16.6. The fraction of sp³-hybridized carbons (Fsp3) is 0.500. The first kappa shape index (κ1) is 10.6. The van der Waals surface area contributed by atoms with E-state index in [-0.39, 0.29) is 5.57 Å². The van der Waals surface area contributed by atoms with Crippen LogP contribution in [0.5, 0.6) is 0 Å². The summed E-state index contributed by atoms with van der Waals surface area (Å²) in [6.07, 6.45) is 1.32. The van der Waals surface area contributed by atoms with Crippen LogP contribution in [0.2, 0.25) is 0 Å². The fourth-order valence-electron chi connectivity index (χ4n) is 0.447. The third-order valence-corrected chi connectivity index (χ3v) is 1.01. The van der Waals surface area contributed by atoms with E-state index in [1.54, 1.807) is 0 Å². The molecule has 0 aromatic rings. The number of carbonyl (C=O) groups is 1. The van der Waals surface area contributed by atoms with Gasteiger partial charge in [-0.2, -0.15) is 4.99 Å². The predicted octanol–water partition coefficient (Wildman–Crippen LogP) is 1.18. The van der Waals surface area contributed by atoms with Crippen molar-refractivity contribution in [2.75, 3.05) is 0 Å². The predicted molar refractivity (Wildman–Crippen MR) is 43.1 cm³/mol. The van der Waals surface area contributed by atoms with E-state index in [9.17, 15) is 9.59 Å². The van der Waals surface area contributed by atoms with Gasteiger partial charge in [-0.3, -0.25) is 0 Å². The summed E-state index contributed by atoms with van der Waals surface area (Å²) < 4.78 is 4.77. The second-order valence-corrected chi connectivity index (χ2v) is 2.82. The molecule has 0 saturated heterocycles. The maximum Gasteiger partial charge on any atom is 0.335 e. The van der Waals surface area contributed by atoms with Crippen LogP contribution < -0.4 is 0 Å². The number of isocyanates is 1. The van der Waals surface area contributed by atoms with E-state index in [2.05, 4.69) is 11.6 Å². The molecule has 4 nitrogen and oxygen atoms in total. The number of esters is 1. The van der Waals surface area contributed by atoms with Gasteiger partial charge in [0.05, 0.1) is 0 Å². The van der Waals surface area contributed by atoms with Crippen molar-refractivity contribution in [3.63, 3.8) is 0 Å². The van der Waals surface area contributed by atoms with Gasteiger partial charge in [0.1, 0.15) is 0 Å². The Hall–Kier alpha value is -1.41. The van der Waals surface area contributed by atoms with E-state index in [1.165, 1.54) is 26.9 Å². The number of nitrogens with zero attached hydrogens (tertiary/aromatic N) is 1. The van der Waals surface area contributed by atoms with Gasteiger partial charge < -0.3 is 4.74 Å². The van der Waals surface area contributed by atoms with E-state index in [0.29, 0.717) is 0 Å². The lowest BCUT2D eigenvalue weighted by molar-refractivity contribution is -0.150. The molecule has 0 amide bonds. The largest absolute Gasteiger partial charge is 0.434 e. The minimum Gasteiger partial charge on any atom is -0.434 e. The van der Waals surface area contributed by atoms with Gasteiger partial charge in [0.2, 0.25) is 11.8 Å². The molecular formula is C8H11NO3. The van der Waals surface area contributed by atoms with Crippen LogP contribution in [0, 0.1) is 0 Å². The second kappa shape index (κ2) is 3.83. The number of rotatable bonds is 3. The molecule has 0 rings (SSSR count). The molecule has 0 radical (unpaired) electrons. The quantitative estimate of drug-likeness (QED) is 0.276. The van der Waals surface area contributed by atoms with Crippen molar-refractivity contribution in [1.82, 2.24) is 0 Å². The Bertz CT molecular complexity index is 249. The molecule has 0 heterocycles. The molecule has 0 fully saturated rings. The Kier molecular flexibility index (Phi) is 3.38. The van der Waals surface area contributed by atoms with E-state index >= 15 is 0 Å². The Morgan fingerprint density at radius 3 is 2.42 bits per heavy atom. The van der Waals surface area contributed by atoms with Gasteiger partial charge in [-0.15, -0.1) is 0 Å². The molecule has 0 aliphatic carbocycles. The Morgan fingerprint density at radius 2 is 2.08 bits per heavy atom. The highest BCUT2D eigenvalue weighted by Gasteiger charge is 2.21. The van der Waals surface area contributed by atoms with Crippen LogP contribution in [0.1, 0.15) is 20.8 Å². The lowest BCUT2D eigenvalue weighted by Gasteiger charge is -2.17. The molecule has 0 aromatic heterocycles. The zero-order chi connectivity index (χ0) is 9.78. The molecule has 0 atom stereocenters. The van der Waals surface area contributed by atoms with E-state index in [0.717, 1.165) is 0 Å². The molecule has 0 N–H and O–H groups in total. The lowest BCUT2D eigenvalue weighted by Crippen LogP contribution is -2.25. The molecule has 0 saturated carbocycles. The van der Waals surface area contributed by atoms with E-state index in [1.807, 2.05) is 0 Å². The van der Waals surface area contributed by atoms with Gasteiger partial charge in [0.25, 0.3) is 0 Å². The Balaban J connectivity index is 4.34. The summed E-state index contributed by atoms with van der Waals surface area (Å²) in [4.78, 5) is 24.1. The standard InChI is InChI=1S/C8H11NO3/c1-6(2)7(11)12-8(3,4)9-5-10/h1H2,2-4H3. The van der Waals surface area contributed by atoms with Gasteiger partial charge in [-0.05, 0) is 20.8 Å². The monoisotopic (exact) mass is 169 g/mol. The van der Waals surface area contributed by atoms with Crippen LogP contribution in [0.25, 0.3) is 0 Å². The molecule has 0 aliphatic heterocycles. The molecule has 0 spiro atoms. The summed E-state index contributed by atoms with van der Waals surface area (Å²) >= 11 is 0. The van der Waals surface area contributed by atoms with Crippen molar-refractivity contribution in [1.29, 1.82) is 0 Å². The van der Waals surface area contributed by atoms with Crippen LogP contribution in [-0.2, 0) is 14.3 Å². The molecular weight excluding hydrogens is 158 g/mol. The molecule has 66 valence electrons. The number of hydrogen-bond acceptors (Lipinski definition) is 4. The first-order chi connectivity index (χ1) is 5.39. The van der Waals surface area contributed by atoms with Crippen molar-refractivity contribution < 1.29 is 14.3 Å². The van der Waals surface area contributed by atoms with Gasteiger partial charge in [-0.25, -0.2) is 9.59 Å². The van der Waals surface area contributed by atoms with Crippen LogP contribution in [0.3, 0.4) is 0 Å². The van der Waals surface area contributed by atoms with Gasteiger partial charge in [0.15, 0.2) is 0 Å². The fourth-order valence-corrected chi connectivity index (χ4v) is 0.447. The van der Waals surface area contributed by atoms with Crippen molar-refractivity contribution in [3.8, 4) is 0 Å². The number of hydrogen-bond donors (Lipinski definition) is 0. The minimum atomic E-state index is -1.15. The normalized spacial score (nSPS) is 9.92. The zero-order valence-electron chi connectivity index (χ0n) is 7.38. The Morgan fingerprint density at radius 1 is 1.58 bits per heavy atom. The summed E-state index contributed by atoms with van der Waals surface area (Å²) in [5.41, 5.74) is -0.887. The third-order valence-electron chi connectivity index (χ3n) is 1.01. The maximum atomic E-state index is 10.9. The van der Waals surface area contributed by atoms with Crippen LogP contribution in [-0.4, -0.2) is 17.8 Å². The van der Waals surface area contributed by atoms with Crippen LogP contribution in [0.15, 0.2) is 17.1 Å². The molecule has 0 bridgehead atoms. The molecule has 4 heteroatoms. The van der Waals surface area contributed by atoms with Gasteiger partial charge >= 0.3 is 5.97 Å². The molecule has 0 aromatic carbocycles. The SMILES string of the molecule is C=C(C)C(=O)OC(C)(C)N=C=O. The highest BCUT2D eigenvalue weighted by Crippen LogP contribution is 2.11. The molecule has 0 aliphatic rings. The molecule has 12 heavy (non-hydrogen) atoms. The molecule has 0 unspecified atom stereocenters. The van der Waals surface area contributed by atoms with Gasteiger partial charge in [-0.1, -0.05) is 6.58 Å². The summed E-state index contributed by atoms with van der Waals surface area (Å²) in [5.74, 6) is -0.570. The topological polar surface area (TPSA) is 55.7 Å². The highest BCUT2D eigenvalue weighted by molar-refractivity contribution is 5.87. The van der Waals surface area contributed by atoms with Crippen molar-refractivity contribution in [2.24, 2.45) is 4.99 Å². The lowest BCUT2D eigenvalue weighted by atomic mass is 10.3. The zero-order valence-corrected chi connectivity index (χ0v) is 7.38. The number of aliphatic imine (C=N–C) groups is 1. The Labute approximate surface area is 70.9 Å². The smallest absolute Gasteiger partial charge is 0.335 e. The van der Waals surface area contributed by atoms with Crippen molar-refractivity contribution in [3.05, 3.63) is 12.2 Å². The average Bonchev–Trinajstić information content (AvgIpc) is 1.85. The van der Waals surface area contributed by atoms with E-state index in [4.69, 9.17) is 4.74 Å². The van der Waals surface area contributed by atoms with Crippen LogP contribution >= 0.6 is 0 Å². The van der Waals surface area contributed by atoms with Crippen molar-refractivity contribution >= 4 is 12.0 Å². The second-order valence-electron chi connectivity index (χ2n) is 2.82. The summed E-state index contributed by atoms with van der Waals surface area (Å²) in [6, 6.07) is 0. The summed E-state index contributed by atoms with van der Waals surface area (Å²) in [7, 11) is 0. The first-order valence-electron chi connectivity index (χ1n) is 3.37. The average molecular weight is 169 g/mol. The van der Waals surface area contributed by atoms with Gasteiger partial charge in [0, 0.05) is 5.57 Å². The minimum absolute atomic E-state index is 0.268. The number of carbonyl (C=O) groups excluding carboxylic acids is 2. The first-order valence-corrected chi connectivity index (χ1v) is 3.37. The van der Waals surface area contributed by atoms with Crippen molar-refractivity contribution in [2.45, 2.75) is 26.5 Å². The summed E-state index contributed by atoms with van der Waals surface area (Å²) in [6.45, 7) is 7.87. The summed E-state index contributed by atoms with van der Waals surface area (Å²) in [5, 5.41) is 0. The number of ether oxygens (including phenoxy) is 1. The van der Waals surface area contributed by atoms with Crippen LogP contribution in [0.4, 0.5) is 0 Å². The third kappa shape index (κ3) is 3.68.